The Morgan fingerprint density at radius 3 is 2.67 bits per heavy atom. The number of nitrogens with one attached hydrogen (secondary N) is 2. The Bertz CT molecular complexity index is 1020. The fraction of sp³-hybridized carbons (Fsp3) is 0.455. The Morgan fingerprint density at radius 2 is 1.91 bits per heavy atom. The molecule has 1 aromatic rings. The maximum absolute atomic E-state index is 12.7. The number of benzene rings is 1. The van der Waals surface area contributed by atoms with Gasteiger partial charge in [-0.05, 0) is 26.0 Å². The number of urea groups is 1. The van der Waals surface area contributed by atoms with Crippen LogP contribution in [0.5, 0.6) is 11.5 Å². The van der Waals surface area contributed by atoms with E-state index in [-0.39, 0.29) is 43.4 Å². The molecule has 1 saturated heterocycles. The van der Waals surface area contributed by atoms with Gasteiger partial charge in [-0.15, -0.1) is 0 Å². The van der Waals surface area contributed by atoms with Gasteiger partial charge in [0, 0.05) is 24.7 Å². The van der Waals surface area contributed by atoms with Crippen molar-refractivity contribution in [2.75, 3.05) is 37.9 Å². The molecule has 0 bridgehead atoms. The van der Waals surface area contributed by atoms with E-state index in [4.69, 9.17) is 18.9 Å². The van der Waals surface area contributed by atoms with E-state index >= 15 is 0 Å². The lowest BCUT2D eigenvalue weighted by Gasteiger charge is -2.26. The summed E-state index contributed by atoms with van der Waals surface area (Å²) >= 11 is 0. The minimum Gasteiger partial charge on any atom is -0.486 e. The lowest BCUT2D eigenvalue weighted by Crippen LogP contribution is -2.50. The molecule has 0 radical (unpaired) electrons. The summed E-state index contributed by atoms with van der Waals surface area (Å²) in [6.07, 6.45) is -0.0125. The summed E-state index contributed by atoms with van der Waals surface area (Å²) in [4.78, 5) is 50.9. The topological polar surface area (TPSA) is 132 Å². The SMILES string of the molecule is CCOC(=O)C1=C(COC(=O)[C@H]2CC(=O)N(c3ccc4c(c3)OCCO4)C2)NC(=O)N[C@H]1C. The first kappa shape index (κ1) is 22.4. The van der Waals surface area contributed by atoms with Crippen molar-refractivity contribution in [3.63, 3.8) is 0 Å². The summed E-state index contributed by atoms with van der Waals surface area (Å²) in [7, 11) is 0. The fourth-order valence-electron chi connectivity index (χ4n) is 3.97. The van der Waals surface area contributed by atoms with E-state index in [1.54, 1.807) is 32.0 Å². The number of nitrogens with zero attached hydrogens (tertiary/aromatic N) is 1. The summed E-state index contributed by atoms with van der Waals surface area (Å²) in [6, 6.07) is 4.06. The van der Waals surface area contributed by atoms with Crippen LogP contribution in [0, 0.1) is 5.92 Å². The van der Waals surface area contributed by atoms with Crippen LogP contribution in [0.2, 0.25) is 0 Å². The molecule has 33 heavy (non-hydrogen) atoms. The monoisotopic (exact) mass is 459 g/mol. The molecule has 0 aromatic heterocycles. The van der Waals surface area contributed by atoms with E-state index in [9.17, 15) is 19.2 Å². The number of hydrogen-bond donors (Lipinski definition) is 2. The Kier molecular flexibility index (Phi) is 6.38. The van der Waals surface area contributed by atoms with E-state index < -0.39 is 29.9 Å². The van der Waals surface area contributed by atoms with Crippen molar-refractivity contribution in [1.82, 2.24) is 10.6 Å². The lowest BCUT2D eigenvalue weighted by atomic mass is 10.0. The van der Waals surface area contributed by atoms with Crippen LogP contribution in [0.3, 0.4) is 0 Å². The van der Waals surface area contributed by atoms with Gasteiger partial charge in [0.1, 0.15) is 19.8 Å². The highest BCUT2D eigenvalue weighted by Gasteiger charge is 2.37. The third-order valence-electron chi connectivity index (χ3n) is 5.52. The number of rotatable bonds is 6. The molecule has 11 nitrogen and oxygen atoms in total. The molecular formula is C22H25N3O8. The number of carbonyl (C=O) groups excluding carboxylic acids is 4. The maximum Gasteiger partial charge on any atom is 0.338 e. The molecule has 3 aliphatic rings. The molecule has 0 unspecified atom stereocenters. The standard InChI is InChI=1S/C22H25N3O8/c1-3-30-21(28)19-12(2)23-22(29)24-15(19)11-33-20(27)13-8-18(26)25(10-13)14-4-5-16-17(9-14)32-7-6-31-16/h4-5,9,12-13H,3,6-8,10-11H2,1-2H3,(H2,23,24,29)/t12-,13-/m0/s1. The van der Waals surface area contributed by atoms with Crippen molar-refractivity contribution in [1.29, 1.82) is 0 Å². The van der Waals surface area contributed by atoms with Crippen LogP contribution in [0.25, 0.3) is 0 Å². The zero-order valence-electron chi connectivity index (χ0n) is 18.3. The number of anilines is 1. The second-order valence-electron chi connectivity index (χ2n) is 7.77. The average molecular weight is 459 g/mol. The van der Waals surface area contributed by atoms with Crippen molar-refractivity contribution in [2.45, 2.75) is 26.3 Å². The quantitative estimate of drug-likeness (QED) is 0.599. The first-order valence-corrected chi connectivity index (χ1v) is 10.7. The predicted octanol–water partition coefficient (Wildman–Crippen LogP) is 0.872. The highest BCUT2D eigenvalue weighted by molar-refractivity contribution is 6.00. The summed E-state index contributed by atoms with van der Waals surface area (Å²) in [5, 5.41) is 5.08. The summed E-state index contributed by atoms with van der Waals surface area (Å²) in [6.45, 7) is 4.18. The van der Waals surface area contributed by atoms with E-state index in [2.05, 4.69) is 10.6 Å². The number of esters is 2. The Balaban J connectivity index is 1.42. The lowest BCUT2D eigenvalue weighted by molar-refractivity contribution is -0.147. The smallest absolute Gasteiger partial charge is 0.338 e. The molecule has 0 aliphatic carbocycles. The fourth-order valence-corrected chi connectivity index (χ4v) is 3.97. The molecule has 176 valence electrons. The minimum atomic E-state index is -0.688. The van der Waals surface area contributed by atoms with E-state index in [0.29, 0.717) is 30.4 Å². The van der Waals surface area contributed by atoms with Crippen LogP contribution in [0.15, 0.2) is 29.5 Å². The molecule has 2 atom stereocenters. The van der Waals surface area contributed by atoms with Crippen molar-refractivity contribution in [3.05, 3.63) is 29.5 Å². The third kappa shape index (κ3) is 4.71. The first-order valence-electron chi connectivity index (χ1n) is 10.7. The van der Waals surface area contributed by atoms with Gasteiger partial charge in [0.25, 0.3) is 0 Å². The van der Waals surface area contributed by atoms with Gasteiger partial charge in [-0.25, -0.2) is 9.59 Å². The number of carbonyl (C=O) groups is 4. The second-order valence-corrected chi connectivity index (χ2v) is 7.77. The first-order chi connectivity index (χ1) is 15.9. The van der Waals surface area contributed by atoms with Gasteiger partial charge < -0.3 is 34.5 Å². The van der Waals surface area contributed by atoms with Gasteiger partial charge in [0.05, 0.1) is 29.8 Å². The Morgan fingerprint density at radius 1 is 1.15 bits per heavy atom. The minimum absolute atomic E-state index is 0.0125. The van der Waals surface area contributed by atoms with Gasteiger partial charge in [-0.1, -0.05) is 0 Å². The molecule has 3 amide bonds. The zero-order chi connectivity index (χ0) is 23.5. The molecule has 0 spiro atoms. The number of fused-ring (bicyclic) bond motifs is 1. The molecule has 1 fully saturated rings. The van der Waals surface area contributed by atoms with Crippen molar-refractivity contribution in [3.8, 4) is 11.5 Å². The summed E-state index contributed by atoms with van der Waals surface area (Å²) in [5.41, 5.74) is 0.946. The molecule has 3 heterocycles. The molecule has 2 N–H and O–H groups in total. The Labute approximate surface area is 190 Å². The van der Waals surface area contributed by atoms with Crippen LogP contribution < -0.4 is 25.0 Å². The maximum atomic E-state index is 12.7. The highest BCUT2D eigenvalue weighted by atomic mass is 16.6. The normalized spacial score (nSPS) is 21.9. The Hall–Kier alpha value is -3.76. The van der Waals surface area contributed by atoms with Gasteiger partial charge in [0.2, 0.25) is 5.91 Å². The third-order valence-corrected chi connectivity index (χ3v) is 5.52. The van der Waals surface area contributed by atoms with E-state index in [0.717, 1.165) is 0 Å². The largest absolute Gasteiger partial charge is 0.486 e. The second kappa shape index (κ2) is 9.39. The molecular weight excluding hydrogens is 434 g/mol. The van der Waals surface area contributed by atoms with Crippen molar-refractivity contribution in [2.24, 2.45) is 5.92 Å². The summed E-state index contributed by atoms with van der Waals surface area (Å²) < 4.78 is 21.5. The van der Waals surface area contributed by atoms with E-state index in [1.165, 1.54) is 4.90 Å². The van der Waals surface area contributed by atoms with Crippen molar-refractivity contribution < 1.29 is 38.1 Å². The van der Waals surface area contributed by atoms with Crippen LogP contribution in [0.4, 0.5) is 10.5 Å². The predicted molar refractivity (Wildman–Crippen MR) is 114 cm³/mol. The van der Waals surface area contributed by atoms with Gasteiger partial charge in [0.15, 0.2) is 11.5 Å². The van der Waals surface area contributed by atoms with Gasteiger partial charge >= 0.3 is 18.0 Å². The molecule has 11 heteroatoms. The highest BCUT2D eigenvalue weighted by Crippen LogP contribution is 2.36. The molecule has 1 aromatic carbocycles. The number of ether oxygens (including phenoxy) is 4. The molecule has 4 rings (SSSR count). The summed E-state index contributed by atoms with van der Waals surface area (Å²) in [5.74, 6) is -0.955. The molecule has 0 saturated carbocycles. The van der Waals surface area contributed by atoms with Crippen LogP contribution >= 0.6 is 0 Å². The van der Waals surface area contributed by atoms with Gasteiger partial charge in [-0.2, -0.15) is 0 Å². The zero-order valence-corrected chi connectivity index (χ0v) is 18.3. The van der Waals surface area contributed by atoms with E-state index in [1.807, 2.05) is 0 Å². The number of hydrogen-bond acceptors (Lipinski definition) is 8. The van der Waals surface area contributed by atoms with Gasteiger partial charge in [-0.3, -0.25) is 9.59 Å². The van der Waals surface area contributed by atoms with Crippen LogP contribution in [0.1, 0.15) is 20.3 Å². The number of amides is 3. The van der Waals surface area contributed by atoms with Crippen LogP contribution in [-0.2, 0) is 23.9 Å². The molecule has 3 aliphatic heterocycles. The average Bonchev–Trinajstić information content (AvgIpc) is 3.18. The van der Waals surface area contributed by atoms with Crippen LogP contribution in [-0.4, -0.2) is 62.9 Å². The van der Waals surface area contributed by atoms with Crippen molar-refractivity contribution >= 4 is 29.6 Å².